The molecule has 1 saturated heterocycles. The minimum atomic E-state index is -3.67. The van der Waals surface area contributed by atoms with E-state index in [0.29, 0.717) is 16.8 Å². The van der Waals surface area contributed by atoms with Crippen LogP contribution in [0.25, 0.3) is 11.3 Å². The quantitative estimate of drug-likeness (QED) is 0.832. The van der Waals surface area contributed by atoms with Crippen LogP contribution in [0.1, 0.15) is 29.6 Å². The second-order valence-corrected chi connectivity index (χ2v) is 6.08. The van der Waals surface area contributed by atoms with Crippen molar-refractivity contribution in [3.05, 3.63) is 42.1 Å². The van der Waals surface area contributed by atoms with Crippen LogP contribution < -0.4 is 9.47 Å². The topological polar surface area (TPSA) is 51.7 Å². The molecule has 1 fully saturated rings. The van der Waals surface area contributed by atoms with Crippen molar-refractivity contribution in [1.82, 2.24) is 9.88 Å². The molecule has 0 aliphatic carbocycles. The van der Waals surface area contributed by atoms with Crippen LogP contribution in [0.4, 0.5) is 8.78 Å². The van der Waals surface area contributed by atoms with E-state index >= 15 is 0 Å². The minimum absolute atomic E-state index is 0.0337. The molecule has 4 rings (SSSR count). The predicted molar refractivity (Wildman–Crippen MR) is 85.6 cm³/mol. The van der Waals surface area contributed by atoms with Gasteiger partial charge >= 0.3 is 6.29 Å². The van der Waals surface area contributed by atoms with E-state index in [0.717, 1.165) is 32.4 Å². The maximum absolute atomic E-state index is 13.2. The molecule has 1 amide bonds. The van der Waals surface area contributed by atoms with Gasteiger partial charge in [0.25, 0.3) is 5.91 Å². The summed E-state index contributed by atoms with van der Waals surface area (Å²) in [6.07, 6.45) is 1.000. The maximum atomic E-state index is 13.2. The highest BCUT2D eigenvalue weighted by Crippen LogP contribution is 2.43. The minimum Gasteiger partial charge on any atom is -0.395 e. The summed E-state index contributed by atoms with van der Waals surface area (Å²) in [5.41, 5.74) is 1.43. The summed E-state index contributed by atoms with van der Waals surface area (Å²) in [4.78, 5) is 18.9. The molecule has 0 saturated carbocycles. The number of halogens is 2. The highest BCUT2D eigenvalue weighted by molar-refractivity contribution is 6.00. The van der Waals surface area contributed by atoms with Crippen molar-refractivity contribution in [3.63, 3.8) is 0 Å². The third kappa shape index (κ3) is 3.01. The Morgan fingerprint density at radius 3 is 2.64 bits per heavy atom. The maximum Gasteiger partial charge on any atom is 0.586 e. The molecule has 25 heavy (non-hydrogen) atoms. The van der Waals surface area contributed by atoms with Gasteiger partial charge in [0.05, 0.1) is 11.3 Å². The number of benzene rings is 1. The van der Waals surface area contributed by atoms with E-state index in [1.165, 1.54) is 12.1 Å². The van der Waals surface area contributed by atoms with E-state index in [2.05, 4.69) is 14.5 Å². The van der Waals surface area contributed by atoms with E-state index in [1.807, 2.05) is 4.90 Å². The Hall–Kier alpha value is -2.70. The van der Waals surface area contributed by atoms with Gasteiger partial charge < -0.3 is 14.4 Å². The lowest BCUT2D eigenvalue weighted by Crippen LogP contribution is -2.35. The molecule has 5 nitrogen and oxygen atoms in total. The van der Waals surface area contributed by atoms with Crippen LogP contribution in [0.15, 0.2) is 36.5 Å². The van der Waals surface area contributed by atoms with Crippen molar-refractivity contribution in [1.29, 1.82) is 0 Å². The summed E-state index contributed by atoms with van der Waals surface area (Å²) in [7, 11) is 0. The Bertz CT molecular complexity index is 820. The first-order valence-corrected chi connectivity index (χ1v) is 8.18. The molecular weight excluding hydrogens is 330 g/mol. The molecule has 1 aromatic heterocycles. The number of aromatic nitrogens is 1. The van der Waals surface area contributed by atoms with Crippen LogP contribution in [0.3, 0.4) is 0 Å². The number of amides is 1. The van der Waals surface area contributed by atoms with Crippen molar-refractivity contribution < 1.29 is 23.0 Å². The Balaban J connectivity index is 1.69. The summed E-state index contributed by atoms with van der Waals surface area (Å²) in [6, 6.07) is 7.82. The van der Waals surface area contributed by atoms with E-state index in [9.17, 15) is 13.6 Å². The lowest BCUT2D eigenvalue weighted by atomic mass is 10.0. The molecule has 0 unspecified atom stereocenters. The van der Waals surface area contributed by atoms with Crippen LogP contribution in [-0.4, -0.2) is 35.2 Å². The SMILES string of the molecule is O=C(c1cccnc1-c1ccc2c(c1)OC(F)(F)O2)N1CCCCC1. The van der Waals surface area contributed by atoms with Crippen molar-refractivity contribution in [2.45, 2.75) is 25.6 Å². The van der Waals surface area contributed by atoms with Gasteiger partial charge in [-0.25, -0.2) is 0 Å². The first-order valence-electron chi connectivity index (χ1n) is 8.18. The smallest absolute Gasteiger partial charge is 0.395 e. The lowest BCUT2D eigenvalue weighted by molar-refractivity contribution is -0.286. The molecule has 0 N–H and O–H groups in total. The van der Waals surface area contributed by atoms with Gasteiger partial charge in [-0.2, -0.15) is 0 Å². The van der Waals surface area contributed by atoms with Gasteiger partial charge in [0.2, 0.25) is 0 Å². The summed E-state index contributed by atoms with van der Waals surface area (Å²) in [6.45, 7) is 1.45. The number of hydrogen-bond donors (Lipinski definition) is 0. The van der Waals surface area contributed by atoms with Gasteiger partial charge in [-0.3, -0.25) is 9.78 Å². The zero-order valence-electron chi connectivity index (χ0n) is 13.4. The Morgan fingerprint density at radius 2 is 1.84 bits per heavy atom. The number of pyridine rings is 1. The summed E-state index contributed by atoms with van der Waals surface area (Å²) < 4.78 is 35.3. The fraction of sp³-hybridized carbons (Fsp3) is 0.333. The van der Waals surface area contributed by atoms with Crippen molar-refractivity contribution in [2.24, 2.45) is 0 Å². The Labute approximate surface area is 143 Å². The molecule has 0 atom stereocenters. The number of piperidine rings is 1. The fourth-order valence-corrected chi connectivity index (χ4v) is 3.17. The summed E-state index contributed by atoms with van der Waals surface area (Å²) in [5, 5.41) is 0. The van der Waals surface area contributed by atoms with E-state index < -0.39 is 6.29 Å². The molecular formula is C18H16F2N2O3. The van der Waals surface area contributed by atoms with E-state index in [4.69, 9.17) is 0 Å². The first kappa shape index (κ1) is 15.8. The van der Waals surface area contributed by atoms with Gasteiger partial charge in [0.15, 0.2) is 11.5 Å². The summed E-state index contributed by atoms with van der Waals surface area (Å²) >= 11 is 0. The molecule has 130 valence electrons. The van der Waals surface area contributed by atoms with Gasteiger partial charge in [0.1, 0.15) is 0 Å². The van der Waals surface area contributed by atoms with E-state index in [-0.39, 0.29) is 17.4 Å². The zero-order chi connectivity index (χ0) is 17.4. The number of ether oxygens (including phenoxy) is 2. The average molecular weight is 346 g/mol. The van der Waals surface area contributed by atoms with E-state index in [1.54, 1.807) is 24.4 Å². The molecule has 2 aromatic rings. The van der Waals surface area contributed by atoms with Crippen LogP contribution in [0.2, 0.25) is 0 Å². The van der Waals surface area contributed by atoms with Crippen molar-refractivity contribution in [2.75, 3.05) is 13.1 Å². The Kier molecular flexibility index (Phi) is 3.78. The predicted octanol–water partition coefficient (Wildman–Crippen LogP) is 3.70. The monoisotopic (exact) mass is 346 g/mol. The van der Waals surface area contributed by atoms with Crippen molar-refractivity contribution in [3.8, 4) is 22.8 Å². The zero-order valence-corrected chi connectivity index (χ0v) is 13.4. The number of carbonyl (C=O) groups excluding carboxylic acids is 1. The Morgan fingerprint density at radius 1 is 1.08 bits per heavy atom. The van der Waals surface area contributed by atoms with Crippen LogP contribution in [0, 0.1) is 0 Å². The van der Waals surface area contributed by atoms with Gasteiger partial charge in [0, 0.05) is 24.8 Å². The lowest BCUT2D eigenvalue weighted by Gasteiger charge is -2.27. The number of rotatable bonds is 2. The van der Waals surface area contributed by atoms with Crippen LogP contribution >= 0.6 is 0 Å². The summed E-state index contributed by atoms with van der Waals surface area (Å²) in [5.74, 6) is -0.191. The number of hydrogen-bond acceptors (Lipinski definition) is 4. The third-order valence-electron chi connectivity index (χ3n) is 4.36. The van der Waals surface area contributed by atoms with Gasteiger partial charge in [-0.05, 0) is 49.6 Å². The molecule has 0 radical (unpaired) electrons. The highest BCUT2D eigenvalue weighted by Gasteiger charge is 2.43. The van der Waals surface area contributed by atoms with Crippen LogP contribution in [0.5, 0.6) is 11.5 Å². The molecule has 3 heterocycles. The van der Waals surface area contributed by atoms with Gasteiger partial charge in [-0.15, -0.1) is 8.78 Å². The third-order valence-corrected chi connectivity index (χ3v) is 4.36. The standard InChI is InChI=1S/C18H16F2N2O3/c19-18(20)24-14-7-6-12(11-15(14)25-18)16-13(5-4-8-21-16)17(23)22-9-2-1-3-10-22/h4-8,11H,1-3,9-10H2. The first-order chi connectivity index (χ1) is 12.0. The number of carbonyl (C=O) groups is 1. The number of alkyl halides is 2. The highest BCUT2D eigenvalue weighted by atomic mass is 19.3. The van der Waals surface area contributed by atoms with Gasteiger partial charge in [-0.1, -0.05) is 0 Å². The molecule has 0 bridgehead atoms. The fourth-order valence-electron chi connectivity index (χ4n) is 3.17. The largest absolute Gasteiger partial charge is 0.586 e. The molecule has 2 aliphatic rings. The second kappa shape index (κ2) is 5.98. The second-order valence-electron chi connectivity index (χ2n) is 6.08. The normalized spacial score (nSPS) is 18.2. The van der Waals surface area contributed by atoms with Crippen LogP contribution in [-0.2, 0) is 0 Å². The average Bonchev–Trinajstić information content (AvgIpc) is 2.94. The molecule has 0 spiro atoms. The number of likely N-dealkylation sites (tertiary alicyclic amines) is 1. The van der Waals surface area contributed by atoms with Crippen molar-refractivity contribution >= 4 is 5.91 Å². The molecule has 2 aliphatic heterocycles. The molecule has 1 aromatic carbocycles. The number of nitrogens with zero attached hydrogens (tertiary/aromatic N) is 2. The molecule has 7 heteroatoms. The number of fused-ring (bicyclic) bond motifs is 1.